The fraction of sp³-hybridized carbons (Fsp3) is 0.316. The van der Waals surface area contributed by atoms with Crippen molar-refractivity contribution in [1.82, 2.24) is 4.31 Å². The van der Waals surface area contributed by atoms with Crippen molar-refractivity contribution in [3.8, 4) is 0 Å². The Kier molecular flexibility index (Phi) is 5.70. The second kappa shape index (κ2) is 7.99. The summed E-state index contributed by atoms with van der Waals surface area (Å²) in [7, 11) is -3.54. The van der Waals surface area contributed by atoms with Crippen molar-refractivity contribution < 1.29 is 17.9 Å². The predicted octanol–water partition coefficient (Wildman–Crippen LogP) is 2.31. The molecule has 1 fully saturated rings. The minimum atomic E-state index is -3.54. The molecule has 0 atom stereocenters. The normalized spacial score (nSPS) is 15.6. The van der Waals surface area contributed by atoms with Gasteiger partial charge in [-0.1, -0.05) is 17.7 Å². The number of benzene rings is 2. The van der Waals surface area contributed by atoms with Crippen LogP contribution in [0.4, 0.5) is 5.69 Å². The van der Waals surface area contributed by atoms with E-state index in [0.717, 1.165) is 11.3 Å². The summed E-state index contributed by atoms with van der Waals surface area (Å²) in [6.07, 6.45) is 0. The number of carbonyl (C=O) groups is 1. The zero-order valence-corrected chi connectivity index (χ0v) is 15.5. The molecule has 0 aromatic heterocycles. The Balaban J connectivity index is 1.64. The number of carbonyl (C=O) groups excluding carboxylic acids is 1. The number of ketones is 1. The second-order valence-electron chi connectivity index (χ2n) is 6.18. The van der Waals surface area contributed by atoms with Gasteiger partial charge >= 0.3 is 0 Å². The lowest BCUT2D eigenvalue weighted by Gasteiger charge is -2.26. The topological polar surface area (TPSA) is 75.7 Å². The SMILES string of the molecule is Cc1ccc(NCC(=O)c2ccc(S(=O)(=O)N3CCOCC3)cc2)cc1. The fourth-order valence-corrected chi connectivity index (χ4v) is 4.11. The highest BCUT2D eigenvalue weighted by atomic mass is 32.2. The van der Waals surface area contributed by atoms with Gasteiger partial charge in [0, 0.05) is 24.3 Å². The molecule has 1 saturated heterocycles. The highest BCUT2D eigenvalue weighted by Gasteiger charge is 2.26. The fourth-order valence-electron chi connectivity index (χ4n) is 2.70. The average molecular weight is 374 g/mol. The van der Waals surface area contributed by atoms with E-state index in [1.54, 1.807) is 12.1 Å². The van der Waals surface area contributed by atoms with E-state index in [4.69, 9.17) is 4.74 Å². The van der Waals surface area contributed by atoms with Crippen LogP contribution in [0.25, 0.3) is 0 Å². The van der Waals surface area contributed by atoms with Gasteiger partial charge < -0.3 is 10.1 Å². The molecule has 0 aliphatic carbocycles. The van der Waals surface area contributed by atoms with Gasteiger partial charge in [-0.2, -0.15) is 4.31 Å². The molecule has 2 aromatic rings. The summed E-state index contributed by atoms with van der Waals surface area (Å²) < 4.78 is 31.8. The maximum Gasteiger partial charge on any atom is 0.243 e. The largest absolute Gasteiger partial charge is 0.379 e. The minimum absolute atomic E-state index is 0.0964. The number of sulfonamides is 1. The smallest absolute Gasteiger partial charge is 0.243 e. The van der Waals surface area contributed by atoms with E-state index in [2.05, 4.69) is 5.32 Å². The maximum atomic E-state index is 12.6. The molecule has 0 unspecified atom stereocenters. The zero-order chi connectivity index (χ0) is 18.6. The number of rotatable bonds is 6. The Morgan fingerprint density at radius 3 is 2.27 bits per heavy atom. The molecule has 0 amide bonds. The molecule has 1 heterocycles. The molecule has 138 valence electrons. The van der Waals surface area contributed by atoms with Crippen LogP contribution in [0.1, 0.15) is 15.9 Å². The summed E-state index contributed by atoms with van der Waals surface area (Å²) in [4.78, 5) is 12.5. The Morgan fingerprint density at radius 2 is 1.65 bits per heavy atom. The number of aryl methyl sites for hydroxylation is 1. The Labute approximate surface area is 153 Å². The van der Waals surface area contributed by atoms with E-state index in [-0.39, 0.29) is 17.2 Å². The molecule has 1 N–H and O–H groups in total. The number of anilines is 1. The van der Waals surface area contributed by atoms with E-state index in [9.17, 15) is 13.2 Å². The van der Waals surface area contributed by atoms with Crippen molar-refractivity contribution in [3.63, 3.8) is 0 Å². The summed E-state index contributed by atoms with van der Waals surface area (Å²) in [5.74, 6) is -0.0964. The molecular formula is C19H22N2O4S. The Hall–Kier alpha value is -2.22. The Bertz CT molecular complexity index is 855. The third-order valence-electron chi connectivity index (χ3n) is 4.29. The summed E-state index contributed by atoms with van der Waals surface area (Å²) in [6, 6.07) is 13.9. The van der Waals surface area contributed by atoms with Gasteiger partial charge in [0.15, 0.2) is 5.78 Å². The molecule has 6 nitrogen and oxygen atoms in total. The molecule has 7 heteroatoms. The number of nitrogens with zero attached hydrogens (tertiary/aromatic N) is 1. The molecule has 1 aliphatic heterocycles. The van der Waals surface area contributed by atoms with Crippen molar-refractivity contribution in [2.24, 2.45) is 0 Å². The number of hydrogen-bond donors (Lipinski definition) is 1. The Morgan fingerprint density at radius 1 is 1.04 bits per heavy atom. The van der Waals surface area contributed by atoms with Crippen LogP contribution < -0.4 is 5.32 Å². The van der Waals surface area contributed by atoms with E-state index < -0.39 is 10.0 Å². The number of nitrogens with one attached hydrogen (secondary N) is 1. The van der Waals surface area contributed by atoms with E-state index in [1.807, 2.05) is 31.2 Å². The van der Waals surface area contributed by atoms with Crippen molar-refractivity contribution in [1.29, 1.82) is 0 Å². The lowest BCUT2D eigenvalue weighted by molar-refractivity contribution is 0.0730. The standard InChI is InChI=1S/C19H22N2O4S/c1-15-2-6-17(7-3-15)20-14-19(22)16-4-8-18(9-5-16)26(23,24)21-10-12-25-13-11-21/h2-9,20H,10-14H2,1H3. The third kappa shape index (κ3) is 4.30. The van der Waals surface area contributed by atoms with Crippen LogP contribution >= 0.6 is 0 Å². The zero-order valence-electron chi connectivity index (χ0n) is 14.6. The number of ether oxygens (including phenoxy) is 1. The lowest BCUT2D eigenvalue weighted by Crippen LogP contribution is -2.40. The van der Waals surface area contributed by atoms with Crippen LogP contribution in [-0.4, -0.2) is 51.4 Å². The highest BCUT2D eigenvalue weighted by molar-refractivity contribution is 7.89. The van der Waals surface area contributed by atoms with Gasteiger partial charge in [-0.15, -0.1) is 0 Å². The number of hydrogen-bond acceptors (Lipinski definition) is 5. The van der Waals surface area contributed by atoms with Crippen LogP contribution in [0.2, 0.25) is 0 Å². The van der Waals surface area contributed by atoms with Crippen LogP contribution in [0.5, 0.6) is 0 Å². The maximum absolute atomic E-state index is 12.6. The van der Waals surface area contributed by atoms with Crippen LogP contribution in [0, 0.1) is 6.92 Å². The summed E-state index contributed by atoms with van der Waals surface area (Å²) in [6.45, 7) is 3.66. The highest BCUT2D eigenvalue weighted by Crippen LogP contribution is 2.18. The van der Waals surface area contributed by atoms with Crippen molar-refractivity contribution in [3.05, 3.63) is 59.7 Å². The average Bonchev–Trinajstić information content (AvgIpc) is 2.68. The van der Waals surface area contributed by atoms with Crippen molar-refractivity contribution >= 4 is 21.5 Å². The van der Waals surface area contributed by atoms with Gasteiger partial charge in [-0.05, 0) is 43.3 Å². The summed E-state index contributed by atoms with van der Waals surface area (Å²) >= 11 is 0. The first kappa shape index (κ1) is 18.6. The number of Topliss-reactive ketones (excluding diaryl/α,β-unsaturated/α-hetero) is 1. The van der Waals surface area contributed by atoms with Crippen LogP contribution in [0.3, 0.4) is 0 Å². The van der Waals surface area contributed by atoms with Gasteiger partial charge in [0.1, 0.15) is 0 Å². The van der Waals surface area contributed by atoms with Crippen molar-refractivity contribution in [2.45, 2.75) is 11.8 Å². The van der Waals surface area contributed by atoms with Crippen LogP contribution in [0.15, 0.2) is 53.4 Å². The monoisotopic (exact) mass is 374 g/mol. The molecular weight excluding hydrogens is 352 g/mol. The molecule has 0 saturated carbocycles. The van der Waals surface area contributed by atoms with Gasteiger partial charge in [0.25, 0.3) is 0 Å². The quantitative estimate of drug-likeness (QED) is 0.786. The molecule has 0 bridgehead atoms. The summed E-state index contributed by atoms with van der Waals surface area (Å²) in [5, 5.41) is 3.08. The first-order valence-electron chi connectivity index (χ1n) is 8.48. The first-order valence-corrected chi connectivity index (χ1v) is 9.92. The van der Waals surface area contributed by atoms with E-state index in [0.29, 0.717) is 31.9 Å². The minimum Gasteiger partial charge on any atom is -0.379 e. The van der Waals surface area contributed by atoms with Gasteiger partial charge in [-0.25, -0.2) is 8.42 Å². The third-order valence-corrected chi connectivity index (χ3v) is 6.20. The summed E-state index contributed by atoms with van der Waals surface area (Å²) in [5.41, 5.74) is 2.50. The van der Waals surface area contributed by atoms with E-state index in [1.165, 1.54) is 16.4 Å². The first-order chi connectivity index (χ1) is 12.5. The molecule has 26 heavy (non-hydrogen) atoms. The van der Waals surface area contributed by atoms with Gasteiger partial charge in [-0.3, -0.25) is 4.79 Å². The lowest BCUT2D eigenvalue weighted by atomic mass is 10.1. The molecule has 3 rings (SSSR count). The predicted molar refractivity (Wildman–Crippen MR) is 100 cm³/mol. The van der Waals surface area contributed by atoms with E-state index >= 15 is 0 Å². The molecule has 2 aromatic carbocycles. The van der Waals surface area contributed by atoms with Crippen molar-refractivity contribution in [2.75, 3.05) is 38.2 Å². The van der Waals surface area contributed by atoms with Gasteiger partial charge in [0.05, 0.1) is 24.7 Å². The second-order valence-corrected chi connectivity index (χ2v) is 8.12. The molecule has 0 spiro atoms. The molecule has 1 aliphatic rings. The number of morpholine rings is 1. The van der Waals surface area contributed by atoms with Crippen LogP contribution in [-0.2, 0) is 14.8 Å². The molecule has 0 radical (unpaired) electrons. The van der Waals surface area contributed by atoms with Gasteiger partial charge in [0.2, 0.25) is 10.0 Å².